The van der Waals surface area contributed by atoms with Gasteiger partial charge in [-0.1, -0.05) is 36.4 Å². The number of nitrogens with zero attached hydrogens (tertiary/aromatic N) is 2. The maximum atomic E-state index is 12.9. The Balaban J connectivity index is 1.69. The van der Waals surface area contributed by atoms with Crippen molar-refractivity contribution in [1.82, 2.24) is 9.80 Å². The van der Waals surface area contributed by atoms with E-state index in [9.17, 15) is 14.4 Å². The molecule has 0 radical (unpaired) electrons. The molecular formula is C20H22N2O4. The first-order chi connectivity index (χ1) is 12.5. The van der Waals surface area contributed by atoms with E-state index in [1.54, 1.807) is 15.9 Å². The van der Waals surface area contributed by atoms with Gasteiger partial charge >= 0.3 is 6.09 Å². The molecule has 1 aromatic carbocycles. The van der Waals surface area contributed by atoms with Gasteiger partial charge in [0.15, 0.2) is 5.78 Å². The smallest absolute Gasteiger partial charge is 0.409 e. The van der Waals surface area contributed by atoms with Crippen LogP contribution in [0.2, 0.25) is 0 Å². The van der Waals surface area contributed by atoms with Crippen molar-refractivity contribution in [2.75, 3.05) is 20.2 Å². The Bertz CT molecular complexity index is 775. The van der Waals surface area contributed by atoms with Gasteiger partial charge in [-0.25, -0.2) is 4.79 Å². The number of ether oxygens (including phenoxy) is 1. The van der Waals surface area contributed by atoms with Gasteiger partial charge < -0.3 is 14.5 Å². The first-order valence-corrected chi connectivity index (χ1v) is 8.93. The number of piperidine rings is 1. The second-order valence-corrected chi connectivity index (χ2v) is 7.37. The fourth-order valence-electron chi connectivity index (χ4n) is 4.82. The third kappa shape index (κ3) is 2.52. The molecule has 26 heavy (non-hydrogen) atoms. The number of amides is 2. The summed E-state index contributed by atoms with van der Waals surface area (Å²) in [5.41, 5.74) is 0.446. The average molecular weight is 354 g/mol. The molecule has 0 saturated carbocycles. The van der Waals surface area contributed by atoms with Crippen molar-refractivity contribution in [1.29, 1.82) is 0 Å². The average Bonchev–Trinajstić information content (AvgIpc) is 2.93. The molecular weight excluding hydrogens is 332 g/mol. The lowest BCUT2D eigenvalue weighted by Gasteiger charge is -2.49. The molecule has 2 heterocycles. The van der Waals surface area contributed by atoms with Crippen molar-refractivity contribution < 1.29 is 19.1 Å². The molecule has 0 aromatic heterocycles. The van der Waals surface area contributed by atoms with E-state index in [0.717, 1.165) is 12.0 Å². The van der Waals surface area contributed by atoms with Gasteiger partial charge in [-0.15, -0.1) is 0 Å². The molecule has 2 aliphatic heterocycles. The van der Waals surface area contributed by atoms with Crippen LogP contribution in [0, 0.1) is 11.3 Å². The molecule has 0 bridgehead atoms. The topological polar surface area (TPSA) is 66.9 Å². The molecule has 2 fully saturated rings. The number of hydrogen-bond donors (Lipinski definition) is 0. The zero-order valence-corrected chi connectivity index (χ0v) is 14.8. The van der Waals surface area contributed by atoms with Gasteiger partial charge in [-0.3, -0.25) is 9.59 Å². The summed E-state index contributed by atoms with van der Waals surface area (Å²) in [5.74, 6) is 0.0539. The molecule has 0 N–H and O–H groups in total. The maximum absolute atomic E-state index is 12.9. The number of benzene rings is 1. The summed E-state index contributed by atoms with van der Waals surface area (Å²) in [6.45, 7) is 1.37. The fraction of sp³-hybridized carbons (Fsp3) is 0.450. The Kier molecular flexibility index (Phi) is 4.05. The Morgan fingerprint density at radius 1 is 1.27 bits per heavy atom. The van der Waals surface area contributed by atoms with E-state index in [4.69, 9.17) is 4.74 Å². The molecule has 1 aromatic rings. The van der Waals surface area contributed by atoms with Gasteiger partial charge in [-0.2, -0.15) is 0 Å². The number of likely N-dealkylation sites (tertiary alicyclic amines) is 2. The highest BCUT2D eigenvalue weighted by atomic mass is 16.5. The van der Waals surface area contributed by atoms with Crippen LogP contribution in [0.25, 0.3) is 0 Å². The molecule has 6 heteroatoms. The summed E-state index contributed by atoms with van der Waals surface area (Å²) < 4.78 is 4.88. The first kappa shape index (κ1) is 16.8. The van der Waals surface area contributed by atoms with E-state index >= 15 is 0 Å². The zero-order valence-electron chi connectivity index (χ0n) is 14.8. The summed E-state index contributed by atoms with van der Waals surface area (Å²) in [6, 6.07) is 9.18. The van der Waals surface area contributed by atoms with Gasteiger partial charge in [0.1, 0.15) is 6.04 Å². The molecule has 1 aliphatic carbocycles. The van der Waals surface area contributed by atoms with Crippen LogP contribution in [-0.4, -0.2) is 53.8 Å². The number of carbonyl (C=O) groups is 3. The van der Waals surface area contributed by atoms with Crippen molar-refractivity contribution in [2.45, 2.75) is 25.4 Å². The molecule has 2 amide bonds. The number of rotatable bonds is 2. The van der Waals surface area contributed by atoms with E-state index in [2.05, 4.69) is 0 Å². The van der Waals surface area contributed by atoms with Gasteiger partial charge in [0.2, 0.25) is 5.91 Å². The van der Waals surface area contributed by atoms with Crippen LogP contribution in [0.15, 0.2) is 42.5 Å². The van der Waals surface area contributed by atoms with Gasteiger partial charge in [0.05, 0.1) is 7.11 Å². The lowest BCUT2D eigenvalue weighted by molar-refractivity contribution is -0.134. The minimum absolute atomic E-state index is 0.0207. The Labute approximate surface area is 152 Å². The van der Waals surface area contributed by atoms with E-state index in [0.29, 0.717) is 26.1 Å². The van der Waals surface area contributed by atoms with Crippen LogP contribution >= 0.6 is 0 Å². The highest BCUT2D eigenvalue weighted by Gasteiger charge is 2.61. The quantitative estimate of drug-likeness (QED) is 0.815. The monoisotopic (exact) mass is 354 g/mol. The number of methoxy groups -OCH3 is 1. The minimum Gasteiger partial charge on any atom is -0.453 e. The minimum atomic E-state index is -0.551. The van der Waals surface area contributed by atoms with E-state index in [-0.39, 0.29) is 17.6 Å². The standard InChI is InChI=1S/C20H22N2O4/c1-26-19(25)21-10-9-15-7-8-16(23)18-20(15,13-21)11-17(24)22(18)12-14-5-3-2-4-6-14/h2-8,15,18H,9-13H2,1H3/t15-,18+,20+/m1/s1. The molecule has 3 aliphatic rings. The molecule has 136 valence electrons. The summed E-state index contributed by atoms with van der Waals surface area (Å²) in [4.78, 5) is 41.1. The van der Waals surface area contributed by atoms with Crippen molar-refractivity contribution in [2.24, 2.45) is 11.3 Å². The van der Waals surface area contributed by atoms with E-state index in [1.807, 2.05) is 36.4 Å². The van der Waals surface area contributed by atoms with Crippen LogP contribution < -0.4 is 0 Å². The third-order valence-corrected chi connectivity index (χ3v) is 5.98. The SMILES string of the molecule is COC(=O)N1CC[C@H]2C=CC(=O)[C@@H]3N(Cc4ccccc4)C(=O)C[C@]23C1. The summed E-state index contributed by atoms with van der Waals surface area (Å²) in [7, 11) is 1.36. The lowest BCUT2D eigenvalue weighted by atomic mass is 9.62. The van der Waals surface area contributed by atoms with Crippen LogP contribution in [0.5, 0.6) is 0 Å². The van der Waals surface area contributed by atoms with Crippen molar-refractivity contribution in [3.05, 3.63) is 48.0 Å². The molecule has 2 saturated heterocycles. The number of allylic oxidation sites excluding steroid dienone is 1. The summed E-state index contributed by atoms with van der Waals surface area (Å²) >= 11 is 0. The van der Waals surface area contributed by atoms with E-state index < -0.39 is 17.6 Å². The highest BCUT2D eigenvalue weighted by Crippen LogP contribution is 2.51. The molecule has 4 rings (SSSR count). The largest absolute Gasteiger partial charge is 0.453 e. The maximum Gasteiger partial charge on any atom is 0.409 e. The van der Waals surface area contributed by atoms with E-state index in [1.165, 1.54) is 7.11 Å². The van der Waals surface area contributed by atoms with Crippen molar-refractivity contribution in [3.8, 4) is 0 Å². The molecule has 3 atom stereocenters. The predicted octanol–water partition coefficient (Wildman–Crippen LogP) is 2.00. The number of hydrogen-bond acceptors (Lipinski definition) is 4. The summed E-state index contributed by atoms with van der Waals surface area (Å²) in [5, 5.41) is 0. The van der Waals surface area contributed by atoms with Crippen LogP contribution in [0.3, 0.4) is 0 Å². The molecule has 6 nitrogen and oxygen atoms in total. The Hall–Kier alpha value is -2.63. The van der Waals surface area contributed by atoms with Crippen LogP contribution in [-0.2, 0) is 20.9 Å². The zero-order chi connectivity index (χ0) is 18.3. The van der Waals surface area contributed by atoms with Crippen molar-refractivity contribution >= 4 is 17.8 Å². The second kappa shape index (κ2) is 6.27. The van der Waals surface area contributed by atoms with Gasteiger partial charge in [0.25, 0.3) is 0 Å². The van der Waals surface area contributed by atoms with Crippen molar-refractivity contribution in [3.63, 3.8) is 0 Å². The lowest BCUT2D eigenvalue weighted by Crippen LogP contribution is -2.59. The number of ketones is 1. The van der Waals surface area contributed by atoms with Gasteiger partial charge in [-0.05, 0) is 24.0 Å². The highest BCUT2D eigenvalue weighted by molar-refractivity contribution is 6.01. The Morgan fingerprint density at radius 2 is 2.04 bits per heavy atom. The normalized spacial score (nSPS) is 30.2. The third-order valence-electron chi connectivity index (χ3n) is 5.98. The predicted molar refractivity (Wildman–Crippen MR) is 94.1 cm³/mol. The van der Waals surface area contributed by atoms with Gasteiger partial charge in [0, 0.05) is 31.5 Å². The Morgan fingerprint density at radius 3 is 2.77 bits per heavy atom. The van der Waals surface area contributed by atoms with Crippen LogP contribution in [0.1, 0.15) is 18.4 Å². The molecule has 1 spiro atoms. The molecule has 0 unspecified atom stereocenters. The summed E-state index contributed by atoms with van der Waals surface area (Å²) in [6.07, 6.45) is 4.19. The number of carbonyl (C=O) groups excluding carboxylic acids is 3. The second-order valence-electron chi connectivity index (χ2n) is 7.37. The first-order valence-electron chi connectivity index (χ1n) is 8.93. The fourth-order valence-corrected chi connectivity index (χ4v) is 4.82. The van der Waals surface area contributed by atoms with Crippen LogP contribution in [0.4, 0.5) is 4.79 Å².